The zero-order valence-electron chi connectivity index (χ0n) is 15.3. The van der Waals surface area contributed by atoms with Crippen LogP contribution < -0.4 is 10.6 Å². The first kappa shape index (κ1) is 20.1. The maximum atomic E-state index is 12.2. The maximum Gasteiger partial charge on any atom is 0.269 e. The van der Waals surface area contributed by atoms with Crippen molar-refractivity contribution in [3.63, 3.8) is 0 Å². The molecule has 10 nitrogen and oxygen atoms in total. The normalized spacial score (nSPS) is 10.1. The van der Waals surface area contributed by atoms with Gasteiger partial charge in [0.05, 0.1) is 9.85 Å². The molecule has 3 aromatic rings. The number of hydrogen-bond donors (Lipinski definition) is 2. The van der Waals surface area contributed by atoms with Crippen LogP contribution in [0.2, 0.25) is 0 Å². The van der Waals surface area contributed by atoms with Gasteiger partial charge in [-0.3, -0.25) is 29.8 Å². The minimum atomic E-state index is -0.550. The van der Waals surface area contributed by atoms with Gasteiger partial charge in [-0.2, -0.15) is 0 Å². The van der Waals surface area contributed by atoms with Crippen LogP contribution >= 0.6 is 0 Å². The summed E-state index contributed by atoms with van der Waals surface area (Å²) in [6, 6.07) is 16.7. The smallest absolute Gasteiger partial charge is 0.269 e. The quantitative estimate of drug-likeness (QED) is 0.467. The second kappa shape index (κ2) is 8.61. The minimum Gasteiger partial charge on any atom is -0.322 e. The fourth-order valence-electron chi connectivity index (χ4n) is 2.51. The lowest BCUT2D eigenvalue weighted by atomic mass is 10.1. The van der Waals surface area contributed by atoms with E-state index < -0.39 is 21.7 Å². The Hall–Kier alpha value is -4.60. The molecule has 0 heterocycles. The van der Waals surface area contributed by atoms with Crippen LogP contribution in [0.4, 0.5) is 22.7 Å². The fraction of sp³-hybridized carbons (Fsp3) is 0. The maximum absolute atomic E-state index is 12.2. The van der Waals surface area contributed by atoms with Crippen molar-refractivity contribution < 1.29 is 19.4 Å². The first-order valence-corrected chi connectivity index (χ1v) is 8.55. The minimum absolute atomic E-state index is 0.111. The molecule has 0 unspecified atom stereocenters. The second-order valence-electron chi connectivity index (χ2n) is 6.09. The predicted octanol–water partition coefficient (Wildman–Crippen LogP) is 4.01. The highest BCUT2D eigenvalue weighted by molar-refractivity contribution is 6.05. The topological polar surface area (TPSA) is 144 Å². The van der Waals surface area contributed by atoms with E-state index in [1.807, 2.05) is 0 Å². The molecule has 0 aliphatic heterocycles. The summed E-state index contributed by atoms with van der Waals surface area (Å²) in [5.41, 5.74) is 1.23. The predicted molar refractivity (Wildman–Crippen MR) is 109 cm³/mol. The Kier molecular flexibility index (Phi) is 5.78. The summed E-state index contributed by atoms with van der Waals surface area (Å²) in [5.74, 6) is -0.875. The van der Waals surface area contributed by atoms with E-state index in [0.717, 1.165) is 0 Å². The Morgan fingerprint density at radius 1 is 0.567 bits per heavy atom. The largest absolute Gasteiger partial charge is 0.322 e. The molecule has 0 radical (unpaired) electrons. The molecule has 0 atom stereocenters. The van der Waals surface area contributed by atoms with Crippen molar-refractivity contribution in [1.82, 2.24) is 0 Å². The van der Waals surface area contributed by atoms with E-state index >= 15 is 0 Å². The van der Waals surface area contributed by atoms with E-state index in [2.05, 4.69) is 10.6 Å². The average Bonchev–Trinajstić information content (AvgIpc) is 2.75. The number of nitrogens with one attached hydrogen (secondary N) is 2. The standard InChI is InChI=1S/C20H14N4O6/c25-19(13-1-9-17(10-2-13)23(27)28)21-15-5-7-16(8-6-15)22-20(26)14-3-11-18(12-4-14)24(29)30/h1-12H,(H,21,25)(H,22,26). The fourth-order valence-corrected chi connectivity index (χ4v) is 2.51. The van der Waals surface area contributed by atoms with E-state index in [1.54, 1.807) is 24.3 Å². The van der Waals surface area contributed by atoms with E-state index in [0.29, 0.717) is 11.4 Å². The molecule has 0 aliphatic rings. The van der Waals surface area contributed by atoms with E-state index in [9.17, 15) is 29.8 Å². The third-order valence-corrected chi connectivity index (χ3v) is 4.08. The zero-order chi connectivity index (χ0) is 21.7. The Balaban J connectivity index is 1.61. The Morgan fingerprint density at radius 2 is 0.867 bits per heavy atom. The number of anilines is 2. The summed E-state index contributed by atoms with van der Waals surface area (Å²) < 4.78 is 0. The van der Waals surface area contributed by atoms with Crippen LogP contribution in [-0.4, -0.2) is 21.7 Å². The van der Waals surface area contributed by atoms with Crippen molar-refractivity contribution in [2.75, 3.05) is 10.6 Å². The van der Waals surface area contributed by atoms with Gasteiger partial charge in [0.1, 0.15) is 0 Å². The molecule has 0 aliphatic carbocycles. The summed E-state index contributed by atoms with van der Waals surface area (Å²) in [6.45, 7) is 0. The first-order valence-electron chi connectivity index (χ1n) is 8.55. The molecule has 0 aromatic heterocycles. The van der Waals surface area contributed by atoms with Crippen LogP contribution in [0.25, 0.3) is 0 Å². The molecule has 3 rings (SSSR count). The van der Waals surface area contributed by atoms with Crippen molar-refractivity contribution in [2.45, 2.75) is 0 Å². The zero-order valence-corrected chi connectivity index (χ0v) is 15.3. The number of rotatable bonds is 6. The van der Waals surface area contributed by atoms with Crippen molar-refractivity contribution in [1.29, 1.82) is 0 Å². The van der Waals surface area contributed by atoms with Gasteiger partial charge in [-0.05, 0) is 48.5 Å². The highest BCUT2D eigenvalue weighted by Crippen LogP contribution is 2.18. The van der Waals surface area contributed by atoms with Gasteiger partial charge in [-0.25, -0.2) is 0 Å². The van der Waals surface area contributed by atoms with Crippen LogP contribution in [-0.2, 0) is 0 Å². The Labute approximate surface area is 169 Å². The third-order valence-electron chi connectivity index (χ3n) is 4.08. The average molecular weight is 406 g/mol. The lowest BCUT2D eigenvalue weighted by Crippen LogP contribution is -2.13. The number of amides is 2. The summed E-state index contributed by atoms with van der Waals surface area (Å²) in [5, 5.41) is 26.6. The first-order chi connectivity index (χ1) is 14.3. The molecule has 0 fully saturated rings. The van der Waals surface area contributed by atoms with Gasteiger partial charge < -0.3 is 10.6 Å². The third kappa shape index (κ3) is 4.81. The molecule has 2 N–H and O–H groups in total. The SMILES string of the molecule is O=C(Nc1ccc(NC(=O)c2ccc([N+](=O)[O-])cc2)cc1)c1ccc([N+](=O)[O-])cc1. The number of nitro groups is 2. The van der Waals surface area contributed by atoms with Crippen LogP contribution in [0.15, 0.2) is 72.8 Å². The Morgan fingerprint density at radius 3 is 1.13 bits per heavy atom. The number of hydrogen-bond acceptors (Lipinski definition) is 6. The van der Waals surface area contributed by atoms with E-state index in [1.165, 1.54) is 48.5 Å². The number of carbonyl (C=O) groups excluding carboxylic acids is 2. The van der Waals surface area contributed by atoms with Crippen LogP contribution in [0.5, 0.6) is 0 Å². The number of nitro benzene ring substituents is 2. The summed E-state index contributed by atoms with van der Waals surface area (Å²) in [7, 11) is 0. The molecule has 10 heteroatoms. The van der Waals surface area contributed by atoms with Crippen molar-refractivity contribution >= 4 is 34.6 Å². The van der Waals surface area contributed by atoms with Crippen molar-refractivity contribution in [3.05, 3.63) is 104 Å². The van der Waals surface area contributed by atoms with Crippen LogP contribution in [0.3, 0.4) is 0 Å². The molecule has 3 aromatic carbocycles. The molecule has 150 valence electrons. The molecule has 0 spiro atoms. The van der Waals surface area contributed by atoms with Gasteiger partial charge in [0.15, 0.2) is 0 Å². The van der Waals surface area contributed by atoms with Crippen molar-refractivity contribution in [2.24, 2.45) is 0 Å². The molecular formula is C20H14N4O6. The van der Waals surface area contributed by atoms with Gasteiger partial charge in [0.25, 0.3) is 23.2 Å². The van der Waals surface area contributed by atoms with Crippen LogP contribution in [0.1, 0.15) is 20.7 Å². The molecule has 30 heavy (non-hydrogen) atoms. The molecule has 0 saturated heterocycles. The summed E-state index contributed by atoms with van der Waals surface area (Å²) in [6.07, 6.45) is 0. The van der Waals surface area contributed by atoms with Crippen LogP contribution in [0, 0.1) is 20.2 Å². The second-order valence-corrected chi connectivity index (χ2v) is 6.09. The molecule has 0 saturated carbocycles. The van der Waals surface area contributed by atoms with E-state index in [4.69, 9.17) is 0 Å². The van der Waals surface area contributed by atoms with E-state index in [-0.39, 0.29) is 22.5 Å². The monoisotopic (exact) mass is 406 g/mol. The number of carbonyl (C=O) groups is 2. The molecular weight excluding hydrogens is 392 g/mol. The van der Waals surface area contributed by atoms with Gasteiger partial charge in [0.2, 0.25) is 0 Å². The van der Waals surface area contributed by atoms with Gasteiger partial charge in [-0.15, -0.1) is 0 Å². The van der Waals surface area contributed by atoms with Gasteiger partial charge in [0, 0.05) is 46.8 Å². The van der Waals surface area contributed by atoms with Crippen molar-refractivity contribution in [3.8, 4) is 0 Å². The lowest BCUT2D eigenvalue weighted by molar-refractivity contribution is -0.385. The molecule has 2 amide bonds. The number of non-ortho nitro benzene ring substituents is 2. The number of nitrogens with zero attached hydrogens (tertiary/aromatic N) is 2. The number of benzene rings is 3. The summed E-state index contributed by atoms with van der Waals surface area (Å²) in [4.78, 5) is 44.7. The highest BCUT2D eigenvalue weighted by Gasteiger charge is 2.11. The summed E-state index contributed by atoms with van der Waals surface area (Å²) >= 11 is 0. The molecule has 0 bridgehead atoms. The highest BCUT2D eigenvalue weighted by atomic mass is 16.6. The Bertz CT molecular complexity index is 1020. The van der Waals surface area contributed by atoms with Gasteiger partial charge >= 0.3 is 0 Å². The van der Waals surface area contributed by atoms with Gasteiger partial charge in [-0.1, -0.05) is 0 Å². The lowest BCUT2D eigenvalue weighted by Gasteiger charge is -2.08.